The number of rotatable bonds is 10. The summed E-state index contributed by atoms with van der Waals surface area (Å²) in [6, 6.07) is 6.89. The highest BCUT2D eigenvalue weighted by Gasteiger charge is 2.04. The van der Waals surface area contributed by atoms with Crippen molar-refractivity contribution >= 4 is 11.8 Å². The van der Waals surface area contributed by atoms with Crippen LogP contribution in [0.4, 0.5) is 4.39 Å². The Morgan fingerprint density at radius 3 is 2.37 bits per heavy atom. The molecule has 1 nitrogen and oxygen atoms in total. The van der Waals surface area contributed by atoms with E-state index in [1.54, 1.807) is 11.8 Å². The highest BCUT2D eigenvalue weighted by molar-refractivity contribution is 7.99. The first-order valence-electron chi connectivity index (χ1n) is 7.36. The van der Waals surface area contributed by atoms with Crippen molar-refractivity contribution in [2.45, 2.75) is 62.8 Å². The van der Waals surface area contributed by atoms with Crippen molar-refractivity contribution in [1.82, 2.24) is 0 Å². The van der Waals surface area contributed by atoms with Crippen LogP contribution >= 0.6 is 11.8 Å². The number of halogens is 1. The predicted molar refractivity (Wildman–Crippen MR) is 83.1 cm³/mol. The Balaban J connectivity index is 2.04. The first-order valence-corrected chi connectivity index (χ1v) is 8.35. The molecular weight excluding hydrogens is 257 g/mol. The Labute approximate surface area is 121 Å². The minimum absolute atomic E-state index is 0.180. The largest absolute Gasteiger partial charge is 0.327 e. The molecule has 0 aliphatic carbocycles. The molecule has 0 saturated carbocycles. The monoisotopic (exact) mass is 283 g/mol. The van der Waals surface area contributed by atoms with Gasteiger partial charge in [-0.3, -0.25) is 0 Å². The maximum Gasteiger partial charge on any atom is 0.123 e. The quantitative estimate of drug-likeness (QED) is 0.483. The summed E-state index contributed by atoms with van der Waals surface area (Å²) in [5, 5.41) is 0. The van der Waals surface area contributed by atoms with Crippen molar-refractivity contribution in [2.75, 3.05) is 5.75 Å². The van der Waals surface area contributed by atoms with E-state index in [0.29, 0.717) is 0 Å². The van der Waals surface area contributed by atoms with Crippen LogP contribution in [0.5, 0.6) is 0 Å². The fourth-order valence-corrected chi connectivity index (χ4v) is 2.91. The third kappa shape index (κ3) is 8.27. The van der Waals surface area contributed by atoms with Crippen LogP contribution in [0.25, 0.3) is 0 Å². The number of thioether (sulfide) groups is 1. The molecule has 1 aromatic carbocycles. The van der Waals surface area contributed by atoms with E-state index in [1.165, 1.54) is 50.7 Å². The first kappa shape index (κ1) is 16.5. The van der Waals surface area contributed by atoms with E-state index >= 15 is 0 Å². The van der Waals surface area contributed by atoms with Crippen LogP contribution in [0, 0.1) is 5.82 Å². The van der Waals surface area contributed by atoms with Gasteiger partial charge in [-0.05, 0) is 30.7 Å². The maximum absolute atomic E-state index is 12.7. The Bertz CT molecular complexity index is 326. The topological polar surface area (TPSA) is 26.0 Å². The molecule has 0 fully saturated rings. The van der Waals surface area contributed by atoms with Gasteiger partial charge in [-0.2, -0.15) is 0 Å². The summed E-state index contributed by atoms with van der Waals surface area (Å²) in [6.07, 6.45) is 8.98. The van der Waals surface area contributed by atoms with E-state index in [0.717, 1.165) is 17.1 Å². The average molecular weight is 283 g/mol. The van der Waals surface area contributed by atoms with Gasteiger partial charge in [-0.25, -0.2) is 4.39 Å². The molecule has 0 amide bonds. The molecule has 1 rings (SSSR count). The molecular formula is C16H26FNS. The van der Waals surface area contributed by atoms with E-state index in [-0.39, 0.29) is 11.9 Å². The summed E-state index contributed by atoms with van der Waals surface area (Å²) in [6.45, 7) is 2.24. The van der Waals surface area contributed by atoms with E-state index in [9.17, 15) is 4.39 Å². The second-order valence-corrected chi connectivity index (χ2v) is 6.17. The third-order valence-corrected chi connectivity index (χ3v) is 4.41. The summed E-state index contributed by atoms with van der Waals surface area (Å²) in [7, 11) is 0. The zero-order valence-electron chi connectivity index (χ0n) is 11.9. The molecule has 0 aromatic heterocycles. The molecule has 1 atom stereocenters. The second-order valence-electron chi connectivity index (χ2n) is 5.08. The SMILES string of the molecule is CCCCCCCCC(N)CSc1ccc(F)cc1. The maximum atomic E-state index is 12.7. The van der Waals surface area contributed by atoms with Crippen LogP contribution in [0.15, 0.2) is 29.2 Å². The summed E-state index contributed by atoms with van der Waals surface area (Å²) < 4.78 is 12.7. The molecule has 2 N–H and O–H groups in total. The minimum Gasteiger partial charge on any atom is -0.327 e. The molecule has 0 aliphatic rings. The van der Waals surface area contributed by atoms with Gasteiger partial charge in [0.1, 0.15) is 5.82 Å². The molecule has 0 aliphatic heterocycles. The highest BCUT2D eigenvalue weighted by atomic mass is 32.2. The van der Waals surface area contributed by atoms with Crippen LogP contribution in [0.3, 0.4) is 0 Å². The van der Waals surface area contributed by atoms with Gasteiger partial charge in [0.05, 0.1) is 0 Å². The predicted octanol–water partition coefficient (Wildman–Crippen LogP) is 5.00. The molecule has 0 heterocycles. The number of nitrogens with two attached hydrogens (primary N) is 1. The van der Waals surface area contributed by atoms with Gasteiger partial charge in [0.15, 0.2) is 0 Å². The summed E-state index contributed by atoms with van der Waals surface area (Å²) in [5.41, 5.74) is 6.10. The molecule has 3 heteroatoms. The molecule has 0 bridgehead atoms. The zero-order valence-corrected chi connectivity index (χ0v) is 12.7. The van der Waals surface area contributed by atoms with Gasteiger partial charge in [0, 0.05) is 16.7 Å². The normalized spacial score (nSPS) is 12.6. The molecule has 1 aromatic rings. The first-order chi connectivity index (χ1) is 9.22. The lowest BCUT2D eigenvalue weighted by atomic mass is 10.1. The Morgan fingerprint density at radius 2 is 1.68 bits per heavy atom. The number of benzene rings is 1. The number of hydrogen-bond acceptors (Lipinski definition) is 2. The molecule has 108 valence electrons. The van der Waals surface area contributed by atoms with Crippen LogP contribution in [-0.4, -0.2) is 11.8 Å². The Morgan fingerprint density at radius 1 is 1.05 bits per heavy atom. The third-order valence-electron chi connectivity index (χ3n) is 3.21. The highest BCUT2D eigenvalue weighted by Crippen LogP contribution is 2.20. The zero-order chi connectivity index (χ0) is 13.9. The van der Waals surface area contributed by atoms with Crippen molar-refractivity contribution in [3.63, 3.8) is 0 Å². The Hall–Kier alpha value is -0.540. The van der Waals surface area contributed by atoms with E-state index in [4.69, 9.17) is 5.73 Å². The summed E-state index contributed by atoms with van der Waals surface area (Å²) >= 11 is 1.72. The van der Waals surface area contributed by atoms with E-state index in [1.807, 2.05) is 12.1 Å². The summed E-state index contributed by atoms with van der Waals surface area (Å²) in [4.78, 5) is 1.10. The van der Waals surface area contributed by atoms with Crippen LogP contribution in [0.2, 0.25) is 0 Å². The van der Waals surface area contributed by atoms with E-state index in [2.05, 4.69) is 6.92 Å². The summed E-state index contributed by atoms with van der Waals surface area (Å²) in [5.74, 6) is 0.737. The van der Waals surface area contributed by atoms with Gasteiger partial charge in [0.2, 0.25) is 0 Å². The van der Waals surface area contributed by atoms with Crippen molar-refractivity contribution < 1.29 is 4.39 Å². The van der Waals surface area contributed by atoms with Crippen molar-refractivity contribution in [2.24, 2.45) is 5.73 Å². The lowest BCUT2D eigenvalue weighted by molar-refractivity contribution is 0.557. The van der Waals surface area contributed by atoms with Gasteiger partial charge < -0.3 is 5.73 Å². The fraction of sp³-hybridized carbons (Fsp3) is 0.625. The Kier molecular flexibility index (Phi) is 8.93. The van der Waals surface area contributed by atoms with Crippen LogP contribution in [-0.2, 0) is 0 Å². The van der Waals surface area contributed by atoms with Gasteiger partial charge in [-0.1, -0.05) is 45.4 Å². The van der Waals surface area contributed by atoms with Gasteiger partial charge in [0.25, 0.3) is 0 Å². The van der Waals surface area contributed by atoms with Crippen molar-refractivity contribution in [3.05, 3.63) is 30.1 Å². The molecule has 1 unspecified atom stereocenters. The van der Waals surface area contributed by atoms with Crippen molar-refractivity contribution in [3.8, 4) is 0 Å². The number of unbranched alkanes of at least 4 members (excludes halogenated alkanes) is 5. The molecule has 19 heavy (non-hydrogen) atoms. The number of hydrogen-bond donors (Lipinski definition) is 1. The molecule has 0 saturated heterocycles. The van der Waals surface area contributed by atoms with Crippen LogP contribution in [0.1, 0.15) is 51.9 Å². The fourth-order valence-electron chi connectivity index (χ4n) is 2.00. The van der Waals surface area contributed by atoms with Crippen LogP contribution < -0.4 is 5.73 Å². The van der Waals surface area contributed by atoms with Gasteiger partial charge in [-0.15, -0.1) is 11.8 Å². The van der Waals surface area contributed by atoms with Gasteiger partial charge >= 0.3 is 0 Å². The van der Waals surface area contributed by atoms with E-state index < -0.39 is 0 Å². The van der Waals surface area contributed by atoms with Crippen molar-refractivity contribution in [1.29, 1.82) is 0 Å². The minimum atomic E-state index is -0.180. The average Bonchev–Trinajstić information content (AvgIpc) is 2.42. The second kappa shape index (κ2) is 10.3. The lowest BCUT2D eigenvalue weighted by Crippen LogP contribution is -2.22. The molecule has 0 radical (unpaired) electrons. The standard InChI is InChI=1S/C16H26FNS/c1-2-3-4-5-6-7-8-15(18)13-19-16-11-9-14(17)10-12-16/h9-12,15H,2-8,13,18H2,1H3. The smallest absolute Gasteiger partial charge is 0.123 e. The molecule has 0 spiro atoms. The lowest BCUT2D eigenvalue weighted by Gasteiger charge is -2.11.